The Morgan fingerprint density at radius 3 is 2.65 bits per heavy atom. The van der Waals surface area contributed by atoms with Gasteiger partial charge in [0.2, 0.25) is 5.91 Å². The Morgan fingerprint density at radius 1 is 1.18 bits per heavy atom. The van der Waals surface area contributed by atoms with Crippen LogP contribution in [0.4, 0.5) is 5.82 Å². The number of hydrogen-bond acceptors (Lipinski definition) is 6. The average Bonchev–Trinajstić information content (AvgIpc) is 3.48. The van der Waals surface area contributed by atoms with Gasteiger partial charge in [-0.1, -0.05) is 25.1 Å². The summed E-state index contributed by atoms with van der Waals surface area (Å²) in [6.45, 7) is 3.52. The molecule has 1 aliphatic rings. The molecule has 3 aromatic rings. The van der Waals surface area contributed by atoms with E-state index >= 15 is 0 Å². The second kappa shape index (κ2) is 11.2. The standard InChI is InChI=1S/C26H31N5O2S/c1-3-34-18-24(32)31-15-7-8-20(31)16-28-26-23(17-30(2)29-26)25(27)19-11-13-22(14-12-19)33-21-9-5-4-6-10-21/h4-6,9-14,17,20,27H,3,7-8,15-16,18H2,1-2H3,(H,28,29)/t20-/m0/s1. The lowest BCUT2D eigenvalue weighted by Gasteiger charge is -2.25. The first-order chi connectivity index (χ1) is 16.5. The van der Waals surface area contributed by atoms with Gasteiger partial charge in [-0.25, -0.2) is 0 Å². The quantitative estimate of drug-likeness (QED) is 0.411. The molecule has 1 aliphatic heterocycles. The molecule has 2 N–H and O–H groups in total. The van der Waals surface area contributed by atoms with E-state index in [4.69, 9.17) is 10.1 Å². The number of amides is 1. The van der Waals surface area contributed by atoms with Crippen molar-refractivity contribution in [2.45, 2.75) is 25.8 Å². The van der Waals surface area contributed by atoms with Gasteiger partial charge in [-0.15, -0.1) is 0 Å². The molecular weight excluding hydrogens is 446 g/mol. The van der Waals surface area contributed by atoms with Crippen LogP contribution < -0.4 is 10.1 Å². The Kier molecular flexibility index (Phi) is 7.90. The van der Waals surface area contributed by atoms with Crippen LogP contribution in [0.15, 0.2) is 60.8 Å². The maximum Gasteiger partial charge on any atom is 0.232 e. The maximum absolute atomic E-state index is 12.5. The van der Waals surface area contributed by atoms with E-state index in [1.807, 2.05) is 72.7 Å². The number of anilines is 1. The lowest BCUT2D eigenvalue weighted by atomic mass is 10.0. The second-order valence-corrected chi connectivity index (χ2v) is 9.56. The van der Waals surface area contributed by atoms with Gasteiger partial charge < -0.3 is 15.0 Å². The monoisotopic (exact) mass is 477 g/mol. The van der Waals surface area contributed by atoms with E-state index in [1.165, 1.54) is 0 Å². The van der Waals surface area contributed by atoms with Crippen molar-refractivity contribution in [2.75, 3.05) is 29.9 Å². The Morgan fingerprint density at radius 2 is 1.91 bits per heavy atom. The van der Waals surface area contributed by atoms with Gasteiger partial charge in [0.25, 0.3) is 0 Å². The molecule has 8 heteroatoms. The molecule has 0 aliphatic carbocycles. The van der Waals surface area contributed by atoms with Crippen LogP contribution in [-0.2, 0) is 11.8 Å². The Balaban J connectivity index is 1.41. The summed E-state index contributed by atoms with van der Waals surface area (Å²) in [6, 6.07) is 17.3. The van der Waals surface area contributed by atoms with Crippen molar-refractivity contribution in [1.29, 1.82) is 5.41 Å². The van der Waals surface area contributed by atoms with Crippen LogP contribution in [0.2, 0.25) is 0 Å². The van der Waals surface area contributed by atoms with E-state index in [-0.39, 0.29) is 11.9 Å². The number of para-hydroxylation sites is 1. The molecule has 2 aromatic carbocycles. The van der Waals surface area contributed by atoms with Crippen molar-refractivity contribution in [1.82, 2.24) is 14.7 Å². The number of ether oxygens (including phenoxy) is 1. The molecule has 7 nitrogen and oxygen atoms in total. The molecule has 0 bridgehead atoms. The molecule has 34 heavy (non-hydrogen) atoms. The van der Waals surface area contributed by atoms with E-state index in [0.717, 1.165) is 47.8 Å². The largest absolute Gasteiger partial charge is 0.457 e. The number of likely N-dealkylation sites (tertiary alicyclic amines) is 1. The highest BCUT2D eigenvalue weighted by molar-refractivity contribution is 7.99. The smallest absolute Gasteiger partial charge is 0.232 e. The van der Waals surface area contributed by atoms with Crippen molar-refractivity contribution in [3.8, 4) is 11.5 Å². The molecule has 1 amide bonds. The van der Waals surface area contributed by atoms with Crippen LogP contribution in [0.5, 0.6) is 11.5 Å². The molecule has 1 aromatic heterocycles. The average molecular weight is 478 g/mol. The first kappa shape index (κ1) is 23.9. The lowest BCUT2D eigenvalue weighted by Crippen LogP contribution is -2.40. The highest BCUT2D eigenvalue weighted by Gasteiger charge is 2.28. The van der Waals surface area contributed by atoms with Gasteiger partial charge in [0, 0.05) is 37.9 Å². The van der Waals surface area contributed by atoms with Crippen LogP contribution in [-0.4, -0.2) is 56.9 Å². The van der Waals surface area contributed by atoms with Crippen molar-refractivity contribution >= 4 is 29.2 Å². The number of nitrogens with zero attached hydrogens (tertiary/aromatic N) is 3. The van der Waals surface area contributed by atoms with Crippen LogP contribution in [0.1, 0.15) is 30.9 Å². The summed E-state index contributed by atoms with van der Waals surface area (Å²) in [5, 5.41) is 16.7. The zero-order valence-corrected chi connectivity index (χ0v) is 20.5. The van der Waals surface area contributed by atoms with Crippen molar-refractivity contribution in [3.05, 3.63) is 71.9 Å². The fraction of sp³-hybridized carbons (Fsp3) is 0.346. The number of carbonyl (C=O) groups excluding carboxylic acids is 1. The highest BCUT2D eigenvalue weighted by Crippen LogP contribution is 2.25. The normalized spacial score (nSPS) is 15.4. The fourth-order valence-corrected chi connectivity index (χ4v) is 4.68. The van der Waals surface area contributed by atoms with Crippen LogP contribution in [0.3, 0.4) is 0 Å². The number of benzene rings is 2. The summed E-state index contributed by atoms with van der Waals surface area (Å²) in [7, 11) is 1.85. The molecule has 1 saturated heterocycles. The molecule has 1 atom stereocenters. The maximum atomic E-state index is 12.5. The van der Waals surface area contributed by atoms with Crippen LogP contribution in [0, 0.1) is 5.41 Å². The summed E-state index contributed by atoms with van der Waals surface area (Å²) in [5.74, 6) is 3.86. The molecule has 178 valence electrons. The first-order valence-electron chi connectivity index (χ1n) is 11.6. The van der Waals surface area contributed by atoms with Crippen LogP contribution in [0.25, 0.3) is 0 Å². The van der Waals surface area contributed by atoms with Gasteiger partial charge in [0.1, 0.15) is 11.5 Å². The Bertz CT molecular complexity index is 1110. The summed E-state index contributed by atoms with van der Waals surface area (Å²) in [5.41, 5.74) is 1.91. The number of carbonyl (C=O) groups is 1. The zero-order chi connectivity index (χ0) is 23.9. The number of aromatic nitrogens is 2. The van der Waals surface area contributed by atoms with E-state index in [9.17, 15) is 4.79 Å². The summed E-state index contributed by atoms with van der Waals surface area (Å²) in [4.78, 5) is 14.5. The SMILES string of the molecule is CCSCC(=O)N1CCC[C@H]1CNc1nn(C)cc1C(=N)c1ccc(Oc2ccccc2)cc1. The summed E-state index contributed by atoms with van der Waals surface area (Å²) in [6.07, 6.45) is 3.86. The number of aryl methyl sites for hydroxylation is 1. The Labute approximate surface area is 205 Å². The van der Waals surface area contributed by atoms with Gasteiger partial charge in [-0.05, 0) is 55.0 Å². The van der Waals surface area contributed by atoms with E-state index in [0.29, 0.717) is 23.8 Å². The van der Waals surface area contributed by atoms with Gasteiger partial charge in [0.15, 0.2) is 5.82 Å². The predicted octanol–water partition coefficient (Wildman–Crippen LogP) is 4.78. The van der Waals surface area contributed by atoms with Crippen LogP contribution >= 0.6 is 11.8 Å². The molecular formula is C26H31N5O2S. The van der Waals surface area contributed by atoms with Gasteiger partial charge >= 0.3 is 0 Å². The Hall–Kier alpha value is -3.26. The number of rotatable bonds is 10. The molecule has 0 unspecified atom stereocenters. The second-order valence-electron chi connectivity index (χ2n) is 8.28. The van der Waals surface area contributed by atoms with Crippen molar-refractivity contribution in [3.63, 3.8) is 0 Å². The zero-order valence-electron chi connectivity index (χ0n) is 19.7. The third-order valence-electron chi connectivity index (χ3n) is 5.85. The molecule has 2 heterocycles. The van der Waals surface area contributed by atoms with E-state index < -0.39 is 0 Å². The van der Waals surface area contributed by atoms with Crippen molar-refractivity contribution < 1.29 is 9.53 Å². The van der Waals surface area contributed by atoms with E-state index in [2.05, 4.69) is 17.3 Å². The van der Waals surface area contributed by atoms with E-state index in [1.54, 1.807) is 16.4 Å². The minimum Gasteiger partial charge on any atom is -0.457 e. The third kappa shape index (κ3) is 5.80. The molecule has 0 spiro atoms. The van der Waals surface area contributed by atoms with Gasteiger partial charge in [-0.2, -0.15) is 16.9 Å². The predicted molar refractivity (Wildman–Crippen MR) is 138 cm³/mol. The first-order valence-corrected chi connectivity index (χ1v) is 12.8. The van der Waals surface area contributed by atoms with Gasteiger partial charge in [-0.3, -0.25) is 14.9 Å². The number of thioether (sulfide) groups is 1. The highest BCUT2D eigenvalue weighted by atomic mass is 32.2. The number of hydrogen-bond donors (Lipinski definition) is 2. The molecule has 1 fully saturated rings. The molecule has 0 saturated carbocycles. The summed E-state index contributed by atoms with van der Waals surface area (Å²) >= 11 is 1.66. The number of nitrogens with one attached hydrogen (secondary N) is 2. The lowest BCUT2D eigenvalue weighted by molar-refractivity contribution is -0.128. The minimum absolute atomic E-state index is 0.156. The minimum atomic E-state index is 0.156. The van der Waals surface area contributed by atoms with Crippen molar-refractivity contribution in [2.24, 2.45) is 7.05 Å². The fourth-order valence-electron chi connectivity index (χ4n) is 4.13. The summed E-state index contributed by atoms with van der Waals surface area (Å²) < 4.78 is 7.58. The third-order valence-corrected chi connectivity index (χ3v) is 6.71. The van der Waals surface area contributed by atoms with Gasteiger partial charge in [0.05, 0.1) is 17.0 Å². The molecule has 4 rings (SSSR count). The topological polar surface area (TPSA) is 83.2 Å². The molecule has 0 radical (unpaired) electrons.